The van der Waals surface area contributed by atoms with Crippen LogP contribution in [0.1, 0.15) is 34.8 Å². The van der Waals surface area contributed by atoms with E-state index >= 15 is 0 Å². The highest BCUT2D eigenvalue weighted by Crippen LogP contribution is 2.14. The summed E-state index contributed by atoms with van der Waals surface area (Å²) in [7, 11) is 0. The lowest BCUT2D eigenvalue weighted by atomic mass is 10.0. The lowest BCUT2D eigenvalue weighted by Crippen LogP contribution is -1.95. The number of aryl methyl sites for hydroxylation is 1. The van der Waals surface area contributed by atoms with E-state index in [9.17, 15) is 4.79 Å². The number of rotatable bonds is 3. The maximum atomic E-state index is 10.9. The quantitative estimate of drug-likeness (QED) is 0.716. The fraction of sp³-hybridized carbons (Fsp3) is 0.273. The van der Waals surface area contributed by atoms with Gasteiger partial charge in [-0.1, -0.05) is 13.3 Å². The predicted octanol–water partition coefficient (Wildman–Crippen LogP) is 2.89. The SMILES string of the molecule is CCCc1cc(C(=O)Cl)ccc1C#N. The van der Waals surface area contributed by atoms with E-state index in [1.807, 2.05) is 6.92 Å². The first-order valence-corrected chi connectivity index (χ1v) is 4.79. The van der Waals surface area contributed by atoms with Crippen molar-refractivity contribution in [3.63, 3.8) is 0 Å². The van der Waals surface area contributed by atoms with Crippen molar-refractivity contribution in [3.8, 4) is 6.07 Å². The van der Waals surface area contributed by atoms with Gasteiger partial charge in [-0.05, 0) is 41.8 Å². The lowest BCUT2D eigenvalue weighted by Gasteiger charge is -2.03. The van der Waals surface area contributed by atoms with E-state index in [1.54, 1.807) is 18.2 Å². The predicted molar refractivity (Wildman–Crippen MR) is 55.3 cm³/mol. The van der Waals surface area contributed by atoms with Gasteiger partial charge in [0.25, 0.3) is 5.24 Å². The van der Waals surface area contributed by atoms with Gasteiger partial charge in [0.15, 0.2) is 0 Å². The van der Waals surface area contributed by atoms with Crippen molar-refractivity contribution in [1.29, 1.82) is 5.26 Å². The molecule has 0 unspecified atom stereocenters. The van der Waals surface area contributed by atoms with Crippen LogP contribution in [-0.4, -0.2) is 5.24 Å². The second-order valence-electron chi connectivity index (χ2n) is 3.01. The summed E-state index contributed by atoms with van der Waals surface area (Å²) in [6.45, 7) is 2.02. The molecule has 0 fully saturated rings. The van der Waals surface area contributed by atoms with E-state index < -0.39 is 5.24 Å². The van der Waals surface area contributed by atoms with Crippen LogP contribution in [0.4, 0.5) is 0 Å². The van der Waals surface area contributed by atoms with Crippen molar-refractivity contribution in [2.24, 2.45) is 0 Å². The van der Waals surface area contributed by atoms with Crippen LogP contribution < -0.4 is 0 Å². The molecule has 72 valence electrons. The molecular weight excluding hydrogens is 198 g/mol. The number of carbonyl (C=O) groups excluding carboxylic acids is 1. The first-order chi connectivity index (χ1) is 6.69. The molecule has 1 aromatic carbocycles. The Labute approximate surface area is 88.1 Å². The number of nitrogens with zero attached hydrogens (tertiary/aromatic N) is 1. The average molecular weight is 208 g/mol. The Morgan fingerprint density at radius 3 is 2.79 bits per heavy atom. The highest BCUT2D eigenvalue weighted by Gasteiger charge is 2.06. The highest BCUT2D eigenvalue weighted by atomic mass is 35.5. The van der Waals surface area contributed by atoms with E-state index in [0.29, 0.717) is 11.1 Å². The number of benzene rings is 1. The summed E-state index contributed by atoms with van der Waals surface area (Å²) in [6.07, 6.45) is 1.73. The first kappa shape index (κ1) is 10.7. The van der Waals surface area contributed by atoms with Gasteiger partial charge in [0, 0.05) is 5.56 Å². The van der Waals surface area contributed by atoms with E-state index in [4.69, 9.17) is 16.9 Å². The largest absolute Gasteiger partial charge is 0.276 e. The topological polar surface area (TPSA) is 40.9 Å². The van der Waals surface area contributed by atoms with Gasteiger partial charge in [-0.2, -0.15) is 5.26 Å². The summed E-state index contributed by atoms with van der Waals surface area (Å²) >= 11 is 5.35. The number of hydrogen-bond acceptors (Lipinski definition) is 2. The third-order valence-electron chi connectivity index (χ3n) is 1.97. The van der Waals surface area contributed by atoms with Gasteiger partial charge >= 0.3 is 0 Å². The van der Waals surface area contributed by atoms with Gasteiger partial charge in [-0.25, -0.2) is 0 Å². The van der Waals surface area contributed by atoms with Gasteiger partial charge in [0.1, 0.15) is 0 Å². The molecule has 0 saturated carbocycles. The van der Waals surface area contributed by atoms with Gasteiger partial charge in [-0.15, -0.1) is 0 Å². The minimum absolute atomic E-state index is 0.453. The van der Waals surface area contributed by atoms with Crippen LogP contribution in [0.15, 0.2) is 18.2 Å². The van der Waals surface area contributed by atoms with Crippen LogP contribution in [0.25, 0.3) is 0 Å². The molecule has 0 aliphatic carbocycles. The molecule has 0 N–H and O–H groups in total. The molecule has 0 saturated heterocycles. The number of nitriles is 1. The Hall–Kier alpha value is -1.33. The molecule has 0 heterocycles. The Morgan fingerprint density at radius 1 is 1.57 bits per heavy atom. The summed E-state index contributed by atoms with van der Waals surface area (Å²) in [5.74, 6) is 0. The summed E-state index contributed by atoms with van der Waals surface area (Å²) < 4.78 is 0. The van der Waals surface area contributed by atoms with Crippen molar-refractivity contribution < 1.29 is 4.79 Å². The number of carbonyl (C=O) groups is 1. The van der Waals surface area contributed by atoms with Crippen molar-refractivity contribution in [2.75, 3.05) is 0 Å². The third kappa shape index (κ3) is 2.34. The zero-order valence-corrected chi connectivity index (χ0v) is 8.64. The maximum Gasteiger partial charge on any atom is 0.252 e. The molecule has 1 aromatic rings. The fourth-order valence-corrected chi connectivity index (χ4v) is 1.42. The molecule has 1 rings (SSSR count). The van der Waals surface area contributed by atoms with Crippen LogP contribution in [0.3, 0.4) is 0 Å². The lowest BCUT2D eigenvalue weighted by molar-refractivity contribution is 0.108. The molecule has 3 heteroatoms. The van der Waals surface area contributed by atoms with Gasteiger partial charge in [0.2, 0.25) is 0 Å². The van der Waals surface area contributed by atoms with Crippen molar-refractivity contribution in [3.05, 3.63) is 34.9 Å². The van der Waals surface area contributed by atoms with Crippen LogP contribution in [-0.2, 0) is 6.42 Å². The van der Waals surface area contributed by atoms with E-state index in [2.05, 4.69) is 6.07 Å². The van der Waals surface area contributed by atoms with Crippen LogP contribution >= 0.6 is 11.6 Å². The molecule has 0 aromatic heterocycles. The summed E-state index contributed by atoms with van der Waals surface area (Å²) in [5, 5.41) is 8.33. The molecule has 0 radical (unpaired) electrons. The number of halogens is 1. The van der Waals surface area contributed by atoms with Gasteiger partial charge in [0.05, 0.1) is 11.6 Å². The summed E-state index contributed by atoms with van der Waals surface area (Å²) in [5.41, 5.74) is 1.96. The van der Waals surface area contributed by atoms with Crippen LogP contribution in [0.2, 0.25) is 0 Å². The smallest absolute Gasteiger partial charge is 0.252 e. The van der Waals surface area contributed by atoms with Crippen molar-refractivity contribution in [1.82, 2.24) is 0 Å². The summed E-state index contributed by atoms with van der Waals surface area (Å²) in [6, 6.07) is 7.00. The Bertz CT molecular complexity index is 393. The first-order valence-electron chi connectivity index (χ1n) is 4.42. The van der Waals surface area contributed by atoms with Gasteiger partial charge in [-0.3, -0.25) is 4.79 Å². The Morgan fingerprint density at radius 2 is 2.29 bits per heavy atom. The molecule has 0 aliphatic heterocycles. The summed E-state index contributed by atoms with van der Waals surface area (Å²) in [4.78, 5) is 10.9. The van der Waals surface area contributed by atoms with Crippen LogP contribution in [0, 0.1) is 11.3 Å². The van der Waals surface area contributed by atoms with Crippen molar-refractivity contribution in [2.45, 2.75) is 19.8 Å². The molecular formula is C11H10ClNO. The minimum Gasteiger partial charge on any atom is -0.276 e. The van der Waals surface area contributed by atoms with E-state index in [0.717, 1.165) is 18.4 Å². The second-order valence-corrected chi connectivity index (χ2v) is 3.35. The Kier molecular flexibility index (Phi) is 3.67. The second kappa shape index (κ2) is 4.78. The molecule has 0 aliphatic rings. The third-order valence-corrected chi connectivity index (χ3v) is 2.19. The van der Waals surface area contributed by atoms with Crippen LogP contribution in [0.5, 0.6) is 0 Å². The monoisotopic (exact) mass is 207 g/mol. The standard InChI is InChI=1S/C11H10ClNO/c1-2-3-8-6-9(11(12)14)4-5-10(8)7-13/h4-6H,2-3H2,1H3. The molecule has 2 nitrogen and oxygen atoms in total. The van der Waals surface area contributed by atoms with Gasteiger partial charge < -0.3 is 0 Å². The molecule has 0 atom stereocenters. The maximum absolute atomic E-state index is 10.9. The average Bonchev–Trinajstić information content (AvgIpc) is 2.18. The highest BCUT2D eigenvalue weighted by molar-refractivity contribution is 6.67. The minimum atomic E-state index is -0.480. The van der Waals surface area contributed by atoms with E-state index in [1.165, 1.54) is 0 Å². The van der Waals surface area contributed by atoms with E-state index in [-0.39, 0.29) is 0 Å². The number of hydrogen-bond donors (Lipinski definition) is 0. The normalized spacial score (nSPS) is 9.50. The Balaban J connectivity index is 3.15. The molecule has 0 spiro atoms. The molecule has 14 heavy (non-hydrogen) atoms. The zero-order chi connectivity index (χ0) is 10.6. The molecule has 0 amide bonds. The fourth-order valence-electron chi connectivity index (χ4n) is 1.30. The molecule has 0 bridgehead atoms. The zero-order valence-electron chi connectivity index (χ0n) is 7.88. The van der Waals surface area contributed by atoms with Crippen molar-refractivity contribution >= 4 is 16.8 Å².